The molecule has 4 rings (SSSR count). The average Bonchev–Trinajstić information content (AvgIpc) is 3.23. The monoisotopic (exact) mass is 340 g/mol. The lowest BCUT2D eigenvalue weighted by Gasteiger charge is -2.23. The summed E-state index contributed by atoms with van der Waals surface area (Å²) < 4.78 is 11.4. The Morgan fingerprint density at radius 1 is 1.28 bits per heavy atom. The van der Waals surface area contributed by atoms with E-state index in [1.54, 1.807) is 19.5 Å². The van der Waals surface area contributed by atoms with E-state index in [1.165, 1.54) is 5.56 Å². The zero-order chi connectivity index (χ0) is 17.1. The predicted molar refractivity (Wildman–Crippen MR) is 95.6 cm³/mol. The molecule has 0 bridgehead atoms. The topological polar surface area (TPSA) is 59.5 Å². The maximum Gasteiger partial charge on any atom is 0.222 e. The highest BCUT2D eigenvalue weighted by molar-refractivity contribution is 5.28. The van der Waals surface area contributed by atoms with Crippen molar-refractivity contribution in [1.29, 1.82) is 0 Å². The van der Waals surface area contributed by atoms with Crippen LogP contribution in [0.25, 0.3) is 0 Å². The van der Waals surface area contributed by atoms with Gasteiger partial charge in [-0.05, 0) is 30.2 Å². The van der Waals surface area contributed by atoms with Gasteiger partial charge in [-0.25, -0.2) is 9.97 Å². The number of anilines is 1. The molecular weight excluding hydrogens is 316 g/mol. The first kappa shape index (κ1) is 16.3. The molecule has 2 fully saturated rings. The second kappa shape index (κ2) is 6.98. The molecule has 0 amide bonds. The summed E-state index contributed by atoms with van der Waals surface area (Å²) in [4.78, 5) is 11.0. The molecule has 0 aliphatic carbocycles. The summed E-state index contributed by atoms with van der Waals surface area (Å²) in [6.07, 6.45) is 5.60. The maximum absolute atomic E-state index is 6.21. The third-order valence-electron chi connectivity index (χ3n) is 5.07. The highest BCUT2D eigenvalue weighted by atomic mass is 16.5. The minimum atomic E-state index is -0.0289. The first-order valence-electron chi connectivity index (χ1n) is 8.77. The van der Waals surface area contributed by atoms with Gasteiger partial charge < -0.3 is 14.8 Å². The third-order valence-corrected chi connectivity index (χ3v) is 5.07. The Labute approximate surface area is 148 Å². The van der Waals surface area contributed by atoms with Crippen LogP contribution in [-0.2, 0) is 11.3 Å². The van der Waals surface area contributed by atoms with E-state index < -0.39 is 0 Å². The minimum Gasteiger partial charge on any atom is -0.497 e. The van der Waals surface area contributed by atoms with Crippen molar-refractivity contribution in [2.75, 3.05) is 32.1 Å². The Morgan fingerprint density at radius 3 is 2.84 bits per heavy atom. The number of benzene rings is 1. The number of aromatic nitrogens is 2. The largest absolute Gasteiger partial charge is 0.497 e. The third kappa shape index (κ3) is 3.75. The molecule has 1 aromatic carbocycles. The van der Waals surface area contributed by atoms with Gasteiger partial charge in [0, 0.05) is 38.4 Å². The lowest BCUT2D eigenvalue weighted by molar-refractivity contribution is 0.0120. The summed E-state index contributed by atoms with van der Waals surface area (Å²) in [5, 5.41) is 3.39. The molecule has 2 saturated heterocycles. The lowest BCUT2D eigenvalue weighted by atomic mass is 9.97. The van der Waals surface area contributed by atoms with Crippen molar-refractivity contribution >= 4 is 5.95 Å². The molecule has 3 heterocycles. The molecule has 6 nitrogen and oxygen atoms in total. The summed E-state index contributed by atoms with van der Waals surface area (Å²) in [5.41, 5.74) is 1.28. The van der Waals surface area contributed by atoms with E-state index in [2.05, 4.69) is 32.3 Å². The van der Waals surface area contributed by atoms with Crippen LogP contribution in [0.2, 0.25) is 0 Å². The number of rotatable bonds is 5. The molecule has 1 aromatic heterocycles. The SMILES string of the molecule is COc1ccc(CN2CC[C@]3(C[C@H](Nc4ncccn4)CO3)C2)cc1. The second-order valence-electron chi connectivity index (χ2n) is 6.92. The van der Waals surface area contributed by atoms with Gasteiger partial charge in [-0.3, -0.25) is 4.90 Å². The number of nitrogens with one attached hydrogen (secondary N) is 1. The molecule has 2 aliphatic rings. The Kier molecular flexibility index (Phi) is 4.55. The van der Waals surface area contributed by atoms with E-state index in [4.69, 9.17) is 9.47 Å². The average molecular weight is 340 g/mol. The fourth-order valence-corrected chi connectivity index (χ4v) is 3.83. The van der Waals surface area contributed by atoms with E-state index in [9.17, 15) is 0 Å². The van der Waals surface area contributed by atoms with E-state index in [0.717, 1.165) is 38.2 Å². The molecule has 0 unspecified atom stereocenters. The van der Waals surface area contributed by atoms with Gasteiger partial charge in [0.2, 0.25) is 5.95 Å². The van der Waals surface area contributed by atoms with Crippen molar-refractivity contribution in [3.8, 4) is 5.75 Å². The Bertz CT molecular complexity index is 694. The van der Waals surface area contributed by atoms with Crippen molar-refractivity contribution < 1.29 is 9.47 Å². The molecule has 6 heteroatoms. The van der Waals surface area contributed by atoms with Crippen LogP contribution in [0.4, 0.5) is 5.95 Å². The zero-order valence-electron chi connectivity index (χ0n) is 14.5. The highest BCUT2D eigenvalue weighted by Gasteiger charge is 2.45. The first-order chi connectivity index (χ1) is 12.2. The number of hydrogen-bond acceptors (Lipinski definition) is 6. The fraction of sp³-hybridized carbons (Fsp3) is 0.474. The molecule has 0 radical (unpaired) electrons. The highest BCUT2D eigenvalue weighted by Crippen LogP contribution is 2.36. The number of ether oxygens (including phenoxy) is 2. The minimum absolute atomic E-state index is 0.0289. The predicted octanol–water partition coefficient (Wildman–Crippen LogP) is 2.33. The van der Waals surface area contributed by atoms with Gasteiger partial charge in [0.1, 0.15) is 5.75 Å². The van der Waals surface area contributed by atoms with Crippen LogP contribution < -0.4 is 10.1 Å². The summed E-state index contributed by atoms with van der Waals surface area (Å²) in [7, 11) is 1.70. The quantitative estimate of drug-likeness (QED) is 0.901. The van der Waals surface area contributed by atoms with Gasteiger partial charge in [0.15, 0.2) is 0 Å². The van der Waals surface area contributed by atoms with Crippen molar-refractivity contribution in [2.45, 2.75) is 31.0 Å². The Hall–Kier alpha value is -2.18. The van der Waals surface area contributed by atoms with Gasteiger partial charge in [-0.15, -0.1) is 0 Å². The van der Waals surface area contributed by atoms with Crippen LogP contribution >= 0.6 is 0 Å². The molecule has 2 aliphatic heterocycles. The number of likely N-dealkylation sites (tertiary alicyclic amines) is 1. The first-order valence-corrected chi connectivity index (χ1v) is 8.77. The molecule has 2 atom stereocenters. The Balaban J connectivity index is 1.32. The molecule has 1 spiro atoms. The van der Waals surface area contributed by atoms with Gasteiger partial charge in [-0.2, -0.15) is 0 Å². The van der Waals surface area contributed by atoms with Crippen molar-refractivity contribution in [1.82, 2.24) is 14.9 Å². The molecular formula is C19H24N4O2. The number of methoxy groups -OCH3 is 1. The number of hydrogen-bond donors (Lipinski definition) is 1. The van der Waals surface area contributed by atoms with E-state index in [1.807, 2.05) is 18.2 Å². The van der Waals surface area contributed by atoms with Crippen LogP contribution in [0.1, 0.15) is 18.4 Å². The number of nitrogens with zero attached hydrogens (tertiary/aromatic N) is 3. The van der Waals surface area contributed by atoms with E-state index in [-0.39, 0.29) is 11.6 Å². The normalized spacial score (nSPS) is 26.2. The van der Waals surface area contributed by atoms with Gasteiger partial charge >= 0.3 is 0 Å². The van der Waals surface area contributed by atoms with Crippen LogP contribution in [0.5, 0.6) is 5.75 Å². The summed E-state index contributed by atoms with van der Waals surface area (Å²) in [5.74, 6) is 1.58. The smallest absolute Gasteiger partial charge is 0.222 e. The maximum atomic E-state index is 6.21. The van der Waals surface area contributed by atoms with Crippen molar-refractivity contribution in [2.24, 2.45) is 0 Å². The van der Waals surface area contributed by atoms with Gasteiger partial charge in [-0.1, -0.05) is 12.1 Å². The van der Waals surface area contributed by atoms with Crippen LogP contribution in [0.3, 0.4) is 0 Å². The van der Waals surface area contributed by atoms with Crippen LogP contribution in [0.15, 0.2) is 42.7 Å². The van der Waals surface area contributed by atoms with Gasteiger partial charge in [0.25, 0.3) is 0 Å². The van der Waals surface area contributed by atoms with Gasteiger partial charge in [0.05, 0.1) is 25.4 Å². The van der Waals surface area contributed by atoms with Crippen molar-refractivity contribution in [3.05, 3.63) is 48.3 Å². The van der Waals surface area contributed by atoms with E-state index >= 15 is 0 Å². The molecule has 25 heavy (non-hydrogen) atoms. The summed E-state index contributed by atoms with van der Waals surface area (Å²) in [6, 6.07) is 10.4. The molecule has 2 aromatic rings. The van der Waals surface area contributed by atoms with Crippen molar-refractivity contribution in [3.63, 3.8) is 0 Å². The van der Waals surface area contributed by atoms with Crippen LogP contribution in [0, 0.1) is 0 Å². The summed E-state index contributed by atoms with van der Waals surface area (Å²) in [6.45, 7) is 3.72. The second-order valence-corrected chi connectivity index (χ2v) is 6.92. The van der Waals surface area contributed by atoms with Crippen LogP contribution in [-0.4, -0.2) is 53.3 Å². The molecule has 1 N–H and O–H groups in total. The summed E-state index contributed by atoms with van der Waals surface area (Å²) >= 11 is 0. The van der Waals surface area contributed by atoms with E-state index in [0.29, 0.717) is 12.6 Å². The standard InChI is InChI=1S/C19H24N4O2/c1-24-17-5-3-15(4-6-17)12-23-10-7-19(14-23)11-16(13-25-19)22-18-20-8-2-9-21-18/h2-6,8-9,16H,7,10-14H2,1H3,(H,20,21,22)/t16-,19-/m0/s1. The molecule has 132 valence electrons. The lowest BCUT2D eigenvalue weighted by Crippen LogP contribution is -2.33. The zero-order valence-corrected chi connectivity index (χ0v) is 14.5. The fourth-order valence-electron chi connectivity index (χ4n) is 3.83. The Morgan fingerprint density at radius 2 is 2.08 bits per heavy atom. The molecule has 0 saturated carbocycles.